The van der Waals surface area contributed by atoms with E-state index < -0.39 is 11.4 Å². The third-order valence-corrected chi connectivity index (χ3v) is 11.2. The summed E-state index contributed by atoms with van der Waals surface area (Å²) >= 11 is 0. The van der Waals surface area contributed by atoms with E-state index in [0.717, 1.165) is 31.1 Å². The topological polar surface area (TPSA) is 58.9 Å². The van der Waals surface area contributed by atoms with Crippen LogP contribution in [0.5, 0.6) is 0 Å². The van der Waals surface area contributed by atoms with Gasteiger partial charge in [-0.2, -0.15) is 0 Å². The van der Waals surface area contributed by atoms with Crippen LogP contribution < -0.4 is 0 Å². The number of hydrogen-bond donors (Lipinski definition) is 2. The van der Waals surface area contributed by atoms with Crippen molar-refractivity contribution >= 4 is 0 Å². The molecule has 7 unspecified atom stereocenters. The van der Waals surface area contributed by atoms with Gasteiger partial charge in [0.2, 0.25) is 0 Å². The Bertz CT molecular complexity index is 702. The first-order valence-corrected chi connectivity index (χ1v) is 11.5. The lowest BCUT2D eigenvalue weighted by atomic mass is 9.43. The third-order valence-electron chi connectivity index (χ3n) is 11.2. The fourth-order valence-corrected chi connectivity index (χ4v) is 9.80. The summed E-state index contributed by atoms with van der Waals surface area (Å²) in [4.78, 5) is 0. The molecule has 150 valence electrons. The second kappa shape index (κ2) is 4.61. The Balaban J connectivity index is 1.29. The maximum Gasteiger partial charge on any atom is 0.171 e. The van der Waals surface area contributed by atoms with Crippen LogP contribution in [0.4, 0.5) is 0 Å². The lowest BCUT2D eigenvalue weighted by molar-refractivity contribution is -0.290. The smallest absolute Gasteiger partial charge is 0.171 e. The minimum atomic E-state index is -0.630. The van der Waals surface area contributed by atoms with Crippen LogP contribution in [0.15, 0.2) is 0 Å². The van der Waals surface area contributed by atoms with Crippen molar-refractivity contribution in [3.05, 3.63) is 0 Å². The molecule has 0 bridgehead atoms. The highest BCUT2D eigenvalue weighted by atomic mass is 16.7. The zero-order valence-corrected chi connectivity index (χ0v) is 16.7. The van der Waals surface area contributed by atoms with Crippen molar-refractivity contribution in [2.75, 3.05) is 13.2 Å². The molecule has 0 amide bonds. The molecule has 6 saturated carbocycles. The molecule has 1 heterocycles. The minimum absolute atomic E-state index is 0.0187. The van der Waals surface area contributed by atoms with Gasteiger partial charge in [-0.1, -0.05) is 13.8 Å². The summed E-state index contributed by atoms with van der Waals surface area (Å²) in [5, 5.41) is 23.1. The average Bonchev–Trinajstić information content (AvgIpc) is 3.53. The molecule has 1 saturated heterocycles. The molecule has 7 aliphatic rings. The Labute approximate surface area is 162 Å². The molecule has 0 aromatic heterocycles. The van der Waals surface area contributed by atoms with Gasteiger partial charge in [-0.3, -0.25) is 0 Å². The highest BCUT2D eigenvalue weighted by molar-refractivity contribution is 5.27. The molecule has 11 atom stereocenters. The lowest BCUT2D eigenvalue weighted by Gasteiger charge is -2.65. The lowest BCUT2D eigenvalue weighted by Crippen LogP contribution is -2.66. The first-order chi connectivity index (χ1) is 12.8. The van der Waals surface area contributed by atoms with E-state index in [4.69, 9.17) is 9.47 Å². The molecular weight excluding hydrogens is 340 g/mol. The molecule has 27 heavy (non-hydrogen) atoms. The highest BCUT2D eigenvalue weighted by Gasteiger charge is 2.79. The molecule has 6 aliphatic carbocycles. The maximum absolute atomic E-state index is 12.1. The van der Waals surface area contributed by atoms with Crippen LogP contribution in [0.3, 0.4) is 0 Å². The van der Waals surface area contributed by atoms with E-state index in [9.17, 15) is 10.2 Å². The largest absolute Gasteiger partial charge is 0.392 e. The summed E-state index contributed by atoms with van der Waals surface area (Å²) < 4.78 is 12.1. The number of hydrogen-bond acceptors (Lipinski definition) is 4. The van der Waals surface area contributed by atoms with Crippen LogP contribution in [-0.4, -0.2) is 40.9 Å². The van der Waals surface area contributed by atoms with Gasteiger partial charge in [0.1, 0.15) is 0 Å². The summed E-state index contributed by atoms with van der Waals surface area (Å²) in [7, 11) is 0. The molecular formula is C23H34O4. The van der Waals surface area contributed by atoms with Gasteiger partial charge >= 0.3 is 0 Å². The molecule has 4 heteroatoms. The van der Waals surface area contributed by atoms with Crippen molar-refractivity contribution in [2.24, 2.45) is 52.3 Å². The van der Waals surface area contributed by atoms with Gasteiger partial charge < -0.3 is 19.7 Å². The standard InChI is InChI=1S/C23H34O4/c1-20-4-3-15-17(18(20)12-9-13(12)19(20)24)14-10-16(14)23(25)11-22(26-7-8-27-22)6-5-21(15,23)2/h12-19,24-25H,3-11H2,1-2H3/t12?,13-,14-,15?,16+,17?,18?,19?,20?,21?,23-/m0/s1. The van der Waals surface area contributed by atoms with Gasteiger partial charge in [0, 0.05) is 18.3 Å². The normalized spacial score (nSPS) is 67.1. The molecule has 1 aliphatic heterocycles. The molecule has 0 radical (unpaired) electrons. The summed E-state index contributed by atoms with van der Waals surface area (Å²) in [6.45, 7) is 6.14. The van der Waals surface area contributed by atoms with Crippen molar-refractivity contribution in [3.8, 4) is 0 Å². The molecule has 7 fully saturated rings. The van der Waals surface area contributed by atoms with Gasteiger partial charge in [-0.25, -0.2) is 0 Å². The number of fused-ring (bicyclic) bond motifs is 10. The van der Waals surface area contributed by atoms with Crippen molar-refractivity contribution in [3.63, 3.8) is 0 Å². The Hall–Kier alpha value is -0.160. The van der Waals surface area contributed by atoms with E-state index in [1.54, 1.807) is 0 Å². The highest BCUT2D eigenvalue weighted by Crippen LogP contribution is 2.80. The number of rotatable bonds is 0. The Morgan fingerprint density at radius 1 is 0.889 bits per heavy atom. The van der Waals surface area contributed by atoms with Crippen molar-refractivity contribution < 1.29 is 19.7 Å². The first-order valence-electron chi connectivity index (χ1n) is 11.5. The molecule has 0 aromatic carbocycles. The summed E-state index contributed by atoms with van der Waals surface area (Å²) in [5.41, 5.74) is -0.508. The molecule has 2 N–H and O–H groups in total. The van der Waals surface area contributed by atoms with Crippen molar-refractivity contribution in [1.82, 2.24) is 0 Å². The van der Waals surface area contributed by atoms with E-state index >= 15 is 0 Å². The van der Waals surface area contributed by atoms with Gasteiger partial charge in [-0.15, -0.1) is 0 Å². The monoisotopic (exact) mass is 374 g/mol. The van der Waals surface area contributed by atoms with Crippen LogP contribution in [0.25, 0.3) is 0 Å². The minimum Gasteiger partial charge on any atom is -0.392 e. The maximum atomic E-state index is 12.1. The third kappa shape index (κ3) is 1.70. The second-order valence-electron chi connectivity index (χ2n) is 11.9. The van der Waals surface area contributed by atoms with Gasteiger partial charge in [0.15, 0.2) is 5.79 Å². The average molecular weight is 375 g/mol. The first kappa shape index (κ1) is 16.6. The van der Waals surface area contributed by atoms with E-state index in [-0.39, 0.29) is 16.9 Å². The quantitative estimate of drug-likeness (QED) is 0.684. The Morgan fingerprint density at radius 2 is 1.67 bits per heavy atom. The van der Waals surface area contributed by atoms with E-state index in [0.29, 0.717) is 49.2 Å². The van der Waals surface area contributed by atoms with Gasteiger partial charge in [-0.05, 0) is 78.9 Å². The number of aliphatic hydroxyl groups excluding tert-OH is 1. The number of ether oxygens (including phenoxy) is 2. The van der Waals surface area contributed by atoms with Crippen molar-refractivity contribution in [2.45, 2.75) is 76.3 Å². The Kier molecular flexibility index (Phi) is 2.83. The van der Waals surface area contributed by atoms with Gasteiger partial charge in [0.25, 0.3) is 0 Å². The second-order valence-corrected chi connectivity index (χ2v) is 11.9. The Morgan fingerprint density at radius 3 is 2.44 bits per heavy atom. The summed E-state index contributed by atoms with van der Waals surface area (Å²) in [6, 6.07) is 0. The predicted molar refractivity (Wildman–Crippen MR) is 98.6 cm³/mol. The number of aliphatic hydroxyl groups is 2. The predicted octanol–water partition coefficient (Wildman–Crippen LogP) is 2.96. The zero-order valence-electron chi connectivity index (χ0n) is 16.7. The summed E-state index contributed by atoms with van der Waals surface area (Å²) in [6.07, 6.45) is 7.33. The fourth-order valence-electron chi connectivity index (χ4n) is 9.80. The molecule has 7 rings (SSSR count). The van der Waals surface area contributed by atoms with Crippen LogP contribution in [0.1, 0.15) is 58.8 Å². The summed E-state index contributed by atoms with van der Waals surface area (Å²) in [5.74, 6) is 3.96. The van der Waals surface area contributed by atoms with Crippen LogP contribution >= 0.6 is 0 Å². The van der Waals surface area contributed by atoms with Crippen molar-refractivity contribution in [1.29, 1.82) is 0 Å². The SMILES string of the molecule is CC12CCC3C(C1C1C[C@@H]1C2O)[C@H]1C[C@H]1[C@@]1(O)CC2(CCC31C)OCCO2. The van der Waals surface area contributed by atoms with E-state index in [1.807, 2.05) is 0 Å². The van der Waals surface area contributed by atoms with Gasteiger partial charge in [0.05, 0.1) is 24.9 Å². The molecule has 1 spiro atoms. The van der Waals surface area contributed by atoms with Crippen LogP contribution in [0.2, 0.25) is 0 Å². The zero-order chi connectivity index (χ0) is 18.4. The fraction of sp³-hybridized carbons (Fsp3) is 1.00. The molecule has 0 aromatic rings. The van der Waals surface area contributed by atoms with Crippen LogP contribution in [-0.2, 0) is 9.47 Å². The van der Waals surface area contributed by atoms with Crippen LogP contribution in [0, 0.1) is 52.3 Å². The molecule has 4 nitrogen and oxygen atoms in total. The van der Waals surface area contributed by atoms with E-state index in [1.165, 1.54) is 19.3 Å². The van der Waals surface area contributed by atoms with E-state index in [2.05, 4.69) is 13.8 Å².